The van der Waals surface area contributed by atoms with Gasteiger partial charge in [-0.1, -0.05) is 12.1 Å². The average Bonchev–Trinajstić information content (AvgIpc) is 3.32. The fourth-order valence-corrected chi connectivity index (χ4v) is 2.14. The van der Waals surface area contributed by atoms with E-state index in [1.807, 2.05) is 0 Å². The summed E-state index contributed by atoms with van der Waals surface area (Å²) < 4.78 is 0. The van der Waals surface area contributed by atoms with Crippen molar-refractivity contribution in [3.8, 4) is 0 Å². The maximum atomic E-state index is 3.50. The van der Waals surface area contributed by atoms with E-state index in [0.717, 1.165) is 0 Å². The summed E-state index contributed by atoms with van der Waals surface area (Å²) in [7, 11) is 7.00. The van der Waals surface area contributed by atoms with Crippen LogP contribution >= 0.6 is 0 Å². The van der Waals surface area contributed by atoms with Gasteiger partial charge in [-0.15, -0.1) is 59.3 Å². The van der Waals surface area contributed by atoms with Crippen LogP contribution in [0.2, 0.25) is 13.1 Å². The molecule has 4 aromatic carbocycles. The number of benzene rings is 2. The molecule has 0 bridgehead atoms. The van der Waals surface area contributed by atoms with Gasteiger partial charge in [0.05, 0.1) is 0 Å². The SMILES string of the molecule is C[N-]C.C[N-]C.C[Si](C)=[Zr+2].c1ccc2[cH-]ccc2c1.c1ccc2[cH-]ccc2c1. The molecule has 4 aromatic rings. The second-order valence-corrected chi connectivity index (χ2v) is 15.6. The Kier molecular flexibility index (Phi) is 16.9. The molecule has 148 valence electrons. The molecule has 4 heteroatoms. The molecule has 0 aliphatic carbocycles. The van der Waals surface area contributed by atoms with E-state index >= 15 is 0 Å². The van der Waals surface area contributed by atoms with Gasteiger partial charge in [0.25, 0.3) is 0 Å². The molecule has 0 heterocycles. The molecule has 0 fully saturated rings. The van der Waals surface area contributed by atoms with Gasteiger partial charge in [0.2, 0.25) is 0 Å². The van der Waals surface area contributed by atoms with Crippen LogP contribution in [0.15, 0.2) is 84.9 Å². The molecule has 0 atom stereocenters. The van der Waals surface area contributed by atoms with Crippen molar-refractivity contribution in [3.05, 3.63) is 95.6 Å². The predicted octanol–water partition coefficient (Wildman–Crippen LogP) is 7.14. The minimum absolute atomic E-state index is 0.210. The zero-order valence-corrected chi connectivity index (χ0v) is 21.4. The first-order valence-corrected chi connectivity index (χ1v) is 15.4. The number of rotatable bonds is 0. The van der Waals surface area contributed by atoms with E-state index in [0.29, 0.717) is 0 Å². The monoisotopic (exact) mass is 466 g/mol. The van der Waals surface area contributed by atoms with Crippen molar-refractivity contribution >= 4 is 27.0 Å². The van der Waals surface area contributed by atoms with Crippen molar-refractivity contribution in [3.63, 3.8) is 0 Å². The summed E-state index contributed by atoms with van der Waals surface area (Å²) in [6, 6.07) is 29.3. The van der Waals surface area contributed by atoms with E-state index in [1.54, 1.807) is 51.5 Å². The fourth-order valence-electron chi connectivity index (χ4n) is 2.14. The third-order valence-electron chi connectivity index (χ3n) is 3.10. The molecule has 28 heavy (non-hydrogen) atoms. The number of hydrogen-bond acceptors (Lipinski definition) is 0. The maximum absolute atomic E-state index is 3.50. The van der Waals surface area contributed by atoms with Crippen LogP contribution in [0.3, 0.4) is 0 Å². The molecule has 0 aliphatic heterocycles. The fraction of sp³-hybridized carbons (Fsp3) is 0.250. The molecule has 0 radical (unpaired) electrons. The van der Waals surface area contributed by atoms with Gasteiger partial charge in [0.15, 0.2) is 0 Å². The summed E-state index contributed by atoms with van der Waals surface area (Å²) in [5.41, 5.74) is 0.210. The molecule has 4 rings (SSSR count). The van der Waals surface area contributed by atoms with Gasteiger partial charge in [-0.25, -0.2) is 0 Å². The van der Waals surface area contributed by atoms with E-state index in [2.05, 4.69) is 109 Å². The van der Waals surface area contributed by atoms with Gasteiger partial charge >= 0.3 is 41.9 Å². The molecule has 0 aliphatic rings. The average molecular weight is 468 g/mol. The van der Waals surface area contributed by atoms with Crippen molar-refractivity contribution in [2.45, 2.75) is 13.1 Å². The molecule has 2 nitrogen and oxygen atoms in total. The number of nitrogens with zero attached hydrogens (tertiary/aromatic N) is 2. The molecule has 0 aromatic heterocycles. The molecule has 0 spiro atoms. The summed E-state index contributed by atoms with van der Waals surface area (Å²) in [6.07, 6.45) is 0. The Morgan fingerprint density at radius 3 is 1.21 bits per heavy atom. The Morgan fingerprint density at radius 2 is 0.929 bits per heavy atom. The van der Waals surface area contributed by atoms with Crippen LogP contribution in [0.4, 0.5) is 0 Å². The predicted molar refractivity (Wildman–Crippen MR) is 127 cm³/mol. The van der Waals surface area contributed by atoms with Crippen molar-refractivity contribution in [1.29, 1.82) is 0 Å². The summed E-state index contributed by atoms with van der Waals surface area (Å²) in [5.74, 6) is 0. The smallest absolute Gasteiger partial charge is 0.0809 e. The van der Waals surface area contributed by atoms with E-state index in [4.69, 9.17) is 0 Å². The Morgan fingerprint density at radius 1 is 0.643 bits per heavy atom. The quantitative estimate of drug-likeness (QED) is 0.194. The third kappa shape index (κ3) is 13.0. The van der Waals surface area contributed by atoms with Gasteiger partial charge in [-0.2, -0.15) is 63.2 Å². The summed E-state index contributed by atoms with van der Waals surface area (Å²) in [4.78, 5) is 0. The summed E-state index contributed by atoms with van der Waals surface area (Å²) in [5, 5.41) is 12.3. The van der Waals surface area contributed by atoms with Crippen LogP contribution in [0.1, 0.15) is 0 Å². The third-order valence-corrected chi connectivity index (χ3v) is 3.10. The zero-order valence-electron chi connectivity index (χ0n) is 18.0. The van der Waals surface area contributed by atoms with Crippen molar-refractivity contribution in [2.75, 3.05) is 28.2 Å². The molecular formula is C24H32N2SiZr-2. The van der Waals surface area contributed by atoms with Crippen LogP contribution in [0, 0.1) is 0 Å². The van der Waals surface area contributed by atoms with Crippen LogP contribution in [-0.4, -0.2) is 33.6 Å². The first kappa shape index (κ1) is 26.7. The number of fused-ring (bicyclic) bond motifs is 2. The zero-order chi connectivity index (χ0) is 21.2. The van der Waals surface area contributed by atoms with E-state index in [1.165, 1.54) is 21.5 Å². The Balaban J connectivity index is 0.000000361. The Labute approximate surface area is 186 Å². The minimum Gasteiger partial charge on any atom is -0.168 e. The van der Waals surface area contributed by atoms with Gasteiger partial charge in [-0.3, -0.25) is 0 Å². The van der Waals surface area contributed by atoms with Gasteiger partial charge in [-0.05, 0) is 0 Å². The van der Waals surface area contributed by atoms with Gasteiger partial charge < -0.3 is 10.6 Å². The second-order valence-electron chi connectivity index (χ2n) is 6.20. The summed E-state index contributed by atoms with van der Waals surface area (Å²) >= 11 is 1.74. The van der Waals surface area contributed by atoms with E-state index in [9.17, 15) is 0 Å². The Hall–Kier alpha value is -1.32. The maximum Gasteiger partial charge on any atom is -0.0809 e. The molecule has 0 N–H and O–H groups in total. The van der Waals surface area contributed by atoms with Crippen LogP contribution in [0.25, 0.3) is 32.2 Å². The number of hydrogen-bond donors (Lipinski definition) is 0. The van der Waals surface area contributed by atoms with Crippen molar-refractivity contribution in [2.24, 2.45) is 0 Å². The Bertz CT molecular complexity index is 748. The van der Waals surface area contributed by atoms with Crippen LogP contribution in [0.5, 0.6) is 0 Å². The van der Waals surface area contributed by atoms with Crippen molar-refractivity contribution in [1.82, 2.24) is 0 Å². The molecular weight excluding hydrogens is 436 g/mol. The van der Waals surface area contributed by atoms with Crippen LogP contribution in [-0.2, 0) is 23.3 Å². The van der Waals surface area contributed by atoms with E-state index < -0.39 is 0 Å². The second kappa shape index (κ2) is 17.8. The molecule has 0 saturated heterocycles. The van der Waals surface area contributed by atoms with Gasteiger partial charge in [0.1, 0.15) is 0 Å². The van der Waals surface area contributed by atoms with Crippen LogP contribution < -0.4 is 0 Å². The molecule has 0 amide bonds. The molecule has 0 unspecified atom stereocenters. The van der Waals surface area contributed by atoms with Crippen molar-refractivity contribution < 1.29 is 23.3 Å². The molecule has 0 saturated carbocycles. The van der Waals surface area contributed by atoms with E-state index in [-0.39, 0.29) is 5.43 Å². The first-order valence-electron chi connectivity index (χ1n) is 9.18. The topological polar surface area (TPSA) is 28.2 Å². The minimum atomic E-state index is 0.210. The van der Waals surface area contributed by atoms with Gasteiger partial charge in [0, 0.05) is 0 Å². The standard InChI is InChI=1S/2C9H7.2C2H6N.C2H6Si.Zr/c2*1-2-5-9-7-3-6-8(9)4-1;3*1-3-2;/h2*1-7H;3*1-2H3;/q4*-1;;+2. The normalized spacial score (nSPS) is 8.86. The summed E-state index contributed by atoms with van der Waals surface area (Å²) in [6.45, 7) is 4.62. The first-order chi connectivity index (χ1) is 13.5. The largest absolute Gasteiger partial charge is 0.168 e.